The summed E-state index contributed by atoms with van der Waals surface area (Å²) in [5, 5.41) is 11.7. The summed E-state index contributed by atoms with van der Waals surface area (Å²) in [5.41, 5.74) is 0.150. The van der Waals surface area contributed by atoms with Gasteiger partial charge in [0.05, 0.1) is 5.60 Å². The number of benzene rings is 1. The molecule has 0 atom stereocenters. The average molecular weight is 469 g/mol. The average Bonchev–Trinajstić information content (AvgIpc) is 3.16. The smallest absolute Gasteiger partial charge is 0.229 e. The number of piperidine rings is 2. The number of carbonyl (C=O) groups excluding carboxylic acids is 2. The van der Waals surface area contributed by atoms with Gasteiger partial charge in [-0.2, -0.15) is 0 Å². The Kier molecular flexibility index (Phi) is 8.06. The molecule has 3 aliphatic rings. The Labute approximate surface area is 196 Å². The number of unbranched alkanes of at least 4 members (excludes halogenated alkanes) is 1. The van der Waals surface area contributed by atoms with Crippen molar-refractivity contribution in [1.82, 2.24) is 9.80 Å². The van der Waals surface area contributed by atoms with Crippen LogP contribution in [0.5, 0.6) is 0 Å². The van der Waals surface area contributed by atoms with E-state index < -0.39 is 5.60 Å². The van der Waals surface area contributed by atoms with Crippen molar-refractivity contribution < 1.29 is 14.7 Å². The van der Waals surface area contributed by atoms with E-state index >= 15 is 0 Å². The van der Waals surface area contributed by atoms with Gasteiger partial charge in [0.1, 0.15) is 0 Å². The van der Waals surface area contributed by atoms with Gasteiger partial charge in [0.15, 0.2) is 0 Å². The Hall–Kier alpha value is -1.14. The zero-order chi connectivity index (χ0) is 21.2. The molecule has 1 aromatic carbocycles. The highest BCUT2D eigenvalue weighted by Crippen LogP contribution is 2.46. The monoisotopic (exact) mass is 468 g/mol. The van der Waals surface area contributed by atoms with Crippen LogP contribution in [-0.4, -0.2) is 52.9 Å². The fourth-order valence-corrected chi connectivity index (χ4v) is 5.69. The van der Waals surface area contributed by atoms with Gasteiger partial charge in [-0.05, 0) is 68.2 Å². The van der Waals surface area contributed by atoms with Crippen LogP contribution < -0.4 is 0 Å². The third-order valence-electron chi connectivity index (χ3n) is 7.49. The number of amides is 2. The normalized spacial score (nSPS) is 23.2. The van der Waals surface area contributed by atoms with Crippen molar-refractivity contribution in [3.05, 3.63) is 34.9 Å². The van der Waals surface area contributed by atoms with Gasteiger partial charge >= 0.3 is 0 Å². The maximum Gasteiger partial charge on any atom is 0.229 e. The topological polar surface area (TPSA) is 60.9 Å². The van der Waals surface area contributed by atoms with Gasteiger partial charge in [-0.3, -0.25) is 14.5 Å². The summed E-state index contributed by atoms with van der Waals surface area (Å²) in [7, 11) is 0. The molecule has 3 fully saturated rings. The minimum absolute atomic E-state index is 0. The van der Waals surface area contributed by atoms with E-state index in [-0.39, 0.29) is 29.6 Å². The second-order valence-electron chi connectivity index (χ2n) is 9.59. The minimum atomic E-state index is -0.774. The van der Waals surface area contributed by atoms with Crippen LogP contribution in [0.3, 0.4) is 0 Å². The Bertz CT molecular complexity index is 750. The van der Waals surface area contributed by atoms with Crippen LogP contribution in [0.1, 0.15) is 69.8 Å². The number of halogens is 2. The van der Waals surface area contributed by atoms with E-state index in [0.717, 1.165) is 63.7 Å². The summed E-state index contributed by atoms with van der Waals surface area (Å²) in [6.07, 6.45) is 8.74. The highest BCUT2D eigenvalue weighted by Gasteiger charge is 2.44. The van der Waals surface area contributed by atoms with Crippen LogP contribution in [0.4, 0.5) is 0 Å². The molecule has 2 heterocycles. The van der Waals surface area contributed by atoms with Crippen molar-refractivity contribution in [1.29, 1.82) is 0 Å². The van der Waals surface area contributed by atoms with E-state index in [9.17, 15) is 14.7 Å². The van der Waals surface area contributed by atoms with Gasteiger partial charge in [0.2, 0.25) is 11.8 Å². The van der Waals surface area contributed by atoms with E-state index in [4.69, 9.17) is 11.6 Å². The Balaban J connectivity index is 0.00000272. The fourth-order valence-electron chi connectivity index (χ4n) is 5.56. The third kappa shape index (κ3) is 5.62. The predicted molar refractivity (Wildman–Crippen MR) is 124 cm³/mol. The first-order valence-corrected chi connectivity index (χ1v) is 11.8. The lowest BCUT2D eigenvalue weighted by Gasteiger charge is -2.39. The van der Waals surface area contributed by atoms with Crippen molar-refractivity contribution >= 4 is 35.8 Å². The molecule has 0 aromatic heterocycles. The van der Waals surface area contributed by atoms with E-state index in [1.807, 2.05) is 24.3 Å². The molecule has 2 saturated heterocycles. The second kappa shape index (κ2) is 10.2. The number of imide groups is 1. The molecular formula is C24H34Cl2N2O3. The quantitative estimate of drug-likeness (QED) is 0.491. The molecular weight excluding hydrogens is 435 g/mol. The summed E-state index contributed by atoms with van der Waals surface area (Å²) in [6.45, 7) is 3.19. The first-order valence-electron chi connectivity index (χ1n) is 11.4. The lowest BCUT2D eigenvalue weighted by atomic mass is 9.76. The van der Waals surface area contributed by atoms with Crippen LogP contribution in [-0.2, 0) is 15.2 Å². The molecule has 5 nitrogen and oxygen atoms in total. The number of likely N-dealkylation sites (tertiary alicyclic amines) is 2. The van der Waals surface area contributed by atoms with Crippen molar-refractivity contribution in [2.75, 3.05) is 26.2 Å². The van der Waals surface area contributed by atoms with Gasteiger partial charge < -0.3 is 10.0 Å². The molecule has 2 aliphatic heterocycles. The van der Waals surface area contributed by atoms with Crippen LogP contribution in [0.25, 0.3) is 0 Å². The van der Waals surface area contributed by atoms with Crippen molar-refractivity contribution in [2.24, 2.45) is 5.41 Å². The summed E-state index contributed by atoms with van der Waals surface area (Å²) in [5.74, 6) is 0.0818. The Morgan fingerprint density at radius 1 is 0.871 bits per heavy atom. The highest BCUT2D eigenvalue weighted by atomic mass is 35.5. The van der Waals surface area contributed by atoms with Gasteiger partial charge in [0.25, 0.3) is 0 Å². The van der Waals surface area contributed by atoms with Gasteiger partial charge in [-0.1, -0.05) is 36.6 Å². The molecule has 2 amide bonds. The molecule has 1 aromatic rings. The molecule has 1 N–H and O–H groups in total. The summed E-state index contributed by atoms with van der Waals surface area (Å²) >= 11 is 5.96. The zero-order valence-corrected chi connectivity index (χ0v) is 19.7. The summed E-state index contributed by atoms with van der Waals surface area (Å²) < 4.78 is 0. The Morgan fingerprint density at radius 3 is 2.00 bits per heavy atom. The predicted octanol–water partition coefficient (Wildman–Crippen LogP) is 4.53. The maximum absolute atomic E-state index is 12.5. The SMILES string of the molecule is Cl.O=C1CC2(CCCC2)CC(=O)N1CCCCN1CCC(O)(c2ccc(Cl)cc2)CC1. The largest absolute Gasteiger partial charge is 0.385 e. The molecule has 7 heteroatoms. The summed E-state index contributed by atoms with van der Waals surface area (Å²) in [4.78, 5) is 29.0. The van der Waals surface area contributed by atoms with E-state index in [0.29, 0.717) is 37.3 Å². The molecule has 1 saturated carbocycles. The number of hydrogen-bond donors (Lipinski definition) is 1. The molecule has 1 aliphatic carbocycles. The van der Waals surface area contributed by atoms with Gasteiger partial charge in [-0.15, -0.1) is 12.4 Å². The van der Waals surface area contributed by atoms with Crippen molar-refractivity contribution in [2.45, 2.75) is 69.8 Å². The third-order valence-corrected chi connectivity index (χ3v) is 7.74. The van der Waals surface area contributed by atoms with E-state index in [1.165, 1.54) is 4.90 Å². The first kappa shape index (κ1) is 24.5. The fraction of sp³-hybridized carbons (Fsp3) is 0.667. The van der Waals surface area contributed by atoms with Gasteiger partial charge in [0, 0.05) is 37.5 Å². The first-order chi connectivity index (χ1) is 14.4. The number of carbonyl (C=O) groups is 2. The lowest BCUT2D eigenvalue weighted by Crippen LogP contribution is -2.47. The number of hydrogen-bond acceptors (Lipinski definition) is 4. The minimum Gasteiger partial charge on any atom is -0.385 e. The molecule has 172 valence electrons. The van der Waals surface area contributed by atoms with Crippen LogP contribution in [0, 0.1) is 5.41 Å². The molecule has 0 radical (unpaired) electrons. The number of nitrogens with zero attached hydrogens (tertiary/aromatic N) is 2. The van der Waals surface area contributed by atoms with E-state index in [1.54, 1.807) is 0 Å². The molecule has 1 spiro atoms. The molecule has 0 unspecified atom stereocenters. The van der Waals surface area contributed by atoms with Crippen LogP contribution >= 0.6 is 24.0 Å². The number of rotatable bonds is 6. The highest BCUT2D eigenvalue weighted by molar-refractivity contribution is 6.30. The summed E-state index contributed by atoms with van der Waals surface area (Å²) in [6, 6.07) is 7.50. The standard InChI is InChI=1S/C24H33ClN2O3.ClH/c25-20-7-5-19(6-8-20)24(30)11-15-26(16-12-24)13-3-4-14-27-21(28)17-23(18-22(27)29)9-1-2-10-23;/h5-8,30H,1-4,9-18H2;1H. The van der Waals surface area contributed by atoms with Crippen LogP contribution in [0.15, 0.2) is 24.3 Å². The second-order valence-corrected chi connectivity index (χ2v) is 10.0. The maximum atomic E-state index is 12.5. The molecule has 31 heavy (non-hydrogen) atoms. The number of aliphatic hydroxyl groups is 1. The molecule has 4 rings (SSSR count). The van der Waals surface area contributed by atoms with Gasteiger partial charge in [-0.25, -0.2) is 0 Å². The molecule has 0 bridgehead atoms. The lowest BCUT2D eigenvalue weighted by molar-refractivity contribution is -0.153. The van der Waals surface area contributed by atoms with Crippen LogP contribution in [0.2, 0.25) is 5.02 Å². The Morgan fingerprint density at radius 2 is 1.42 bits per heavy atom. The zero-order valence-electron chi connectivity index (χ0n) is 18.2. The van der Waals surface area contributed by atoms with E-state index in [2.05, 4.69) is 4.90 Å². The van der Waals surface area contributed by atoms with Crippen molar-refractivity contribution in [3.63, 3.8) is 0 Å². The van der Waals surface area contributed by atoms with Crippen molar-refractivity contribution in [3.8, 4) is 0 Å².